The second-order valence-electron chi connectivity index (χ2n) is 8.67. The summed E-state index contributed by atoms with van der Waals surface area (Å²) in [5.41, 5.74) is 2.41. The molecule has 160 valence electrons. The van der Waals surface area contributed by atoms with Crippen molar-refractivity contribution in [3.8, 4) is 11.4 Å². The van der Waals surface area contributed by atoms with E-state index < -0.39 is 0 Å². The first kappa shape index (κ1) is 19.0. The minimum Gasteiger partial charge on any atom is -0.354 e. The van der Waals surface area contributed by atoms with Crippen LogP contribution in [0.5, 0.6) is 0 Å². The molecule has 3 aromatic rings. The number of rotatable bonds is 3. The molecule has 1 aliphatic carbocycles. The Bertz CT molecular complexity index is 1130. The molecule has 1 atom stereocenters. The smallest absolute Gasteiger partial charge is 0.317 e. The SMILES string of the molecule is O=C1NCCN1C1CCCN(c2nc(-c3cccnc3)nc3sc4c(c23)CCCC4)C1. The van der Waals surface area contributed by atoms with Crippen molar-refractivity contribution in [1.82, 2.24) is 25.2 Å². The topological polar surface area (TPSA) is 74.2 Å². The molecule has 3 aromatic heterocycles. The summed E-state index contributed by atoms with van der Waals surface area (Å²) in [5.74, 6) is 1.79. The lowest BCUT2D eigenvalue weighted by molar-refractivity contribution is 0.189. The van der Waals surface area contributed by atoms with E-state index in [1.807, 2.05) is 34.6 Å². The molecule has 2 amide bonds. The van der Waals surface area contributed by atoms with Crippen LogP contribution in [0.2, 0.25) is 0 Å². The molecule has 3 aliphatic rings. The lowest BCUT2D eigenvalue weighted by Crippen LogP contribution is -2.49. The van der Waals surface area contributed by atoms with Crippen molar-refractivity contribution in [3.63, 3.8) is 0 Å². The zero-order valence-corrected chi connectivity index (χ0v) is 18.3. The van der Waals surface area contributed by atoms with E-state index in [1.165, 1.54) is 28.7 Å². The van der Waals surface area contributed by atoms with Gasteiger partial charge in [0.1, 0.15) is 10.6 Å². The van der Waals surface area contributed by atoms with Crippen LogP contribution in [0.1, 0.15) is 36.1 Å². The lowest BCUT2D eigenvalue weighted by Gasteiger charge is -2.38. The maximum absolute atomic E-state index is 12.3. The van der Waals surface area contributed by atoms with E-state index in [2.05, 4.69) is 15.2 Å². The van der Waals surface area contributed by atoms with Gasteiger partial charge in [0, 0.05) is 49.0 Å². The molecule has 0 aromatic carbocycles. The average molecular weight is 435 g/mol. The number of piperidine rings is 1. The maximum Gasteiger partial charge on any atom is 0.317 e. The second-order valence-corrected chi connectivity index (χ2v) is 9.75. The number of carbonyl (C=O) groups excluding carboxylic acids is 1. The quantitative estimate of drug-likeness (QED) is 0.681. The van der Waals surface area contributed by atoms with Gasteiger partial charge in [-0.15, -0.1) is 11.3 Å². The Morgan fingerprint density at radius 1 is 1.13 bits per heavy atom. The molecule has 0 radical (unpaired) electrons. The summed E-state index contributed by atoms with van der Waals surface area (Å²) in [7, 11) is 0. The lowest BCUT2D eigenvalue weighted by atomic mass is 9.96. The average Bonchev–Trinajstić information content (AvgIpc) is 3.42. The zero-order valence-electron chi connectivity index (χ0n) is 17.5. The normalized spacial score (nSPS) is 21.4. The number of fused-ring (bicyclic) bond motifs is 3. The minimum atomic E-state index is 0.0728. The van der Waals surface area contributed by atoms with Gasteiger partial charge in [0.05, 0.1) is 11.4 Å². The van der Waals surface area contributed by atoms with Gasteiger partial charge in [0.2, 0.25) is 0 Å². The Labute approximate surface area is 185 Å². The largest absolute Gasteiger partial charge is 0.354 e. The minimum absolute atomic E-state index is 0.0728. The van der Waals surface area contributed by atoms with Crippen LogP contribution in [0.25, 0.3) is 21.6 Å². The van der Waals surface area contributed by atoms with Crippen LogP contribution in [0.3, 0.4) is 0 Å². The number of hydrogen-bond donors (Lipinski definition) is 1. The first-order chi connectivity index (χ1) is 15.3. The molecule has 7 nitrogen and oxygen atoms in total. The van der Waals surface area contributed by atoms with Gasteiger partial charge in [-0.05, 0) is 56.2 Å². The van der Waals surface area contributed by atoms with Crippen LogP contribution in [-0.4, -0.2) is 58.1 Å². The van der Waals surface area contributed by atoms with Crippen molar-refractivity contribution < 1.29 is 4.79 Å². The summed E-state index contributed by atoms with van der Waals surface area (Å²) in [6.07, 6.45) is 10.5. The molecule has 1 N–H and O–H groups in total. The summed E-state index contributed by atoms with van der Waals surface area (Å²) < 4.78 is 0. The van der Waals surface area contributed by atoms with Gasteiger partial charge in [0.15, 0.2) is 5.82 Å². The van der Waals surface area contributed by atoms with Crippen molar-refractivity contribution in [3.05, 3.63) is 35.0 Å². The van der Waals surface area contributed by atoms with Gasteiger partial charge < -0.3 is 15.1 Å². The van der Waals surface area contributed by atoms with Crippen LogP contribution >= 0.6 is 11.3 Å². The Hall–Kier alpha value is -2.74. The molecular weight excluding hydrogens is 408 g/mol. The summed E-state index contributed by atoms with van der Waals surface area (Å²) in [6.45, 7) is 3.34. The number of amides is 2. The number of pyridine rings is 1. The number of nitrogens with one attached hydrogen (secondary N) is 1. The van der Waals surface area contributed by atoms with Gasteiger partial charge in [-0.25, -0.2) is 14.8 Å². The van der Waals surface area contributed by atoms with Crippen LogP contribution < -0.4 is 10.2 Å². The molecule has 5 heterocycles. The van der Waals surface area contributed by atoms with Crippen LogP contribution in [0, 0.1) is 0 Å². The molecule has 8 heteroatoms. The van der Waals surface area contributed by atoms with Crippen LogP contribution in [0.4, 0.5) is 10.6 Å². The third-order valence-corrected chi connectivity index (χ3v) is 7.93. The van der Waals surface area contributed by atoms with E-state index in [-0.39, 0.29) is 12.1 Å². The van der Waals surface area contributed by atoms with Gasteiger partial charge in [-0.1, -0.05) is 0 Å². The molecule has 6 rings (SSSR count). The van der Waals surface area contributed by atoms with E-state index >= 15 is 0 Å². The fourth-order valence-electron chi connectivity index (χ4n) is 5.23. The Balaban J connectivity index is 1.46. The van der Waals surface area contributed by atoms with Crippen LogP contribution in [-0.2, 0) is 12.8 Å². The third kappa shape index (κ3) is 3.33. The second kappa shape index (κ2) is 7.75. The Morgan fingerprint density at radius 3 is 2.90 bits per heavy atom. The van der Waals surface area contributed by atoms with Gasteiger partial charge >= 0.3 is 6.03 Å². The van der Waals surface area contributed by atoms with Gasteiger partial charge in [-0.2, -0.15) is 0 Å². The van der Waals surface area contributed by atoms with E-state index in [0.29, 0.717) is 0 Å². The standard InChI is InChI=1S/C23H26N6OS/c30-23-25-10-12-29(23)16-6-4-11-28(14-16)21-19-17-7-1-2-8-18(17)31-22(19)27-20(26-21)15-5-3-9-24-13-15/h3,5,9,13,16H,1-2,4,6-8,10-12,14H2,(H,25,30). The van der Waals surface area contributed by atoms with E-state index in [9.17, 15) is 4.79 Å². The molecule has 2 saturated heterocycles. The van der Waals surface area contributed by atoms with Crippen molar-refractivity contribution in [2.45, 2.75) is 44.6 Å². The summed E-state index contributed by atoms with van der Waals surface area (Å²) in [4.78, 5) is 33.7. The predicted molar refractivity (Wildman–Crippen MR) is 123 cm³/mol. The zero-order chi connectivity index (χ0) is 20.8. The highest BCUT2D eigenvalue weighted by Crippen LogP contribution is 2.41. The summed E-state index contributed by atoms with van der Waals surface area (Å²) in [5, 5.41) is 4.21. The third-order valence-electron chi connectivity index (χ3n) is 6.74. The first-order valence-corrected chi connectivity index (χ1v) is 12.1. The molecule has 1 unspecified atom stereocenters. The van der Waals surface area contributed by atoms with Crippen molar-refractivity contribution in [2.75, 3.05) is 31.1 Å². The number of urea groups is 1. The molecule has 0 saturated carbocycles. The summed E-state index contributed by atoms with van der Waals surface area (Å²) in [6, 6.07) is 4.27. The number of hydrogen-bond acceptors (Lipinski definition) is 6. The molecular formula is C23H26N6OS. The number of aromatic nitrogens is 3. The van der Waals surface area contributed by atoms with Crippen molar-refractivity contribution >= 4 is 33.4 Å². The number of thiophene rings is 1. The van der Waals surface area contributed by atoms with E-state index in [4.69, 9.17) is 9.97 Å². The molecule has 2 fully saturated rings. The summed E-state index contributed by atoms with van der Waals surface area (Å²) >= 11 is 1.84. The number of nitrogens with zero attached hydrogens (tertiary/aromatic N) is 5. The van der Waals surface area contributed by atoms with Crippen LogP contribution in [0.15, 0.2) is 24.5 Å². The van der Waals surface area contributed by atoms with Gasteiger partial charge in [-0.3, -0.25) is 4.98 Å². The molecule has 31 heavy (non-hydrogen) atoms. The van der Waals surface area contributed by atoms with Crippen molar-refractivity contribution in [1.29, 1.82) is 0 Å². The van der Waals surface area contributed by atoms with Gasteiger partial charge in [0.25, 0.3) is 0 Å². The number of anilines is 1. The highest BCUT2D eigenvalue weighted by atomic mass is 32.1. The van der Waals surface area contributed by atoms with E-state index in [0.717, 1.165) is 73.9 Å². The Morgan fingerprint density at radius 2 is 2.06 bits per heavy atom. The molecule has 2 aliphatic heterocycles. The Kier molecular flexibility index (Phi) is 4.74. The molecule has 0 bridgehead atoms. The van der Waals surface area contributed by atoms with E-state index in [1.54, 1.807) is 6.20 Å². The van der Waals surface area contributed by atoms with Crippen molar-refractivity contribution in [2.24, 2.45) is 0 Å². The fourth-order valence-corrected chi connectivity index (χ4v) is 6.48. The highest BCUT2D eigenvalue weighted by molar-refractivity contribution is 7.19. The number of aryl methyl sites for hydroxylation is 2. The highest BCUT2D eigenvalue weighted by Gasteiger charge is 2.33. The molecule has 0 spiro atoms. The fraction of sp³-hybridized carbons (Fsp3) is 0.478. The first-order valence-electron chi connectivity index (χ1n) is 11.3. The number of carbonyl (C=O) groups is 1. The predicted octanol–water partition coefficient (Wildman–Crippen LogP) is 3.63. The monoisotopic (exact) mass is 434 g/mol. The maximum atomic E-state index is 12.3.